The molecule has 12 heavy (non-hydrogen) atoms. The number of hydrogen-bond donors (Lipinski definition) is 0. The van der Waals surface area contributed by atoms with Crippen LogP contribution in [0.2, 0.25) is 0 Å². The summed E-state index contributed by atoms with van der Waals surface area (Å²) in [7, 11) is -3.09. The van der Waals surface area contributed by atoms with Gasteiger partial charge in [-0.05, 0) is 6.92 Å². The highest BCUT2D eigenvalue weighted by molar-refractivity contribution is 14.1. The predicted molar refractivity (Wildman–Crippen MR) is 56.0 cm³/mol. The van der Waals surface area contributed by atoms with E-state index in [0.717, 1.165) is 9.88 Å². The molecule has 1 aromatic rings. The van der Waals surface area contributed by atoms with Crippen LogP contribution in [-0.2, 0) is 15.8 Å². The summed E-state index contributed by atoms with van der Waals surface area (Å²) < 4.78 is 23.8. The number of nitrogens with zero attached hydrogens (tertiary/aromatic N) is 2. The summed E-state index contributed by atoms with van der Waals surface area (Å²) in [5.41, 5.74) is 0. The minimum absolute atomic E-state index is 0.108. The molecule has 0 fully saturated rings. The quantitative estimate of drug-likeness (QED) is 0.538. The Morgan fingerprint density at radius 3 is 2.92 bits per heavy atom. The van der Waals surface area contributed by atoms with Gasteiger partial charge in [-0.2, -0.15) is 2.52 Å². The molecule has 0 amide bonds. The van der Waals surface area contributed by atoms with Crippen molar-refractivity contribution in [3.63, 3.8) is 0 Å². The molecule has 2 heterocycles. The van der Waals surface area contributed by atoms with E-state index in [2.05, 4.69) is 4.98 Å². The van der Waals surface area contributed by atoms with E-state index in [1.54, 1.807) is 22.9 Å². The van der Waals surface area contributed by atoms with E-state index in [-0.39, 0.29) is 5.75 Å². The number of hydrogen-bond acceptors (Lipinski definition) is 4. The van der Waals surface area contributed by atoms with Gasteiger partial charge < -0.3 is 0 Å². The van der Waals surface area contributed by atoms with Gasteiger partial charge in [-0.3, -0.25) is 0 Å². The van der Waals surface area contributed by atoms with Crippen LogP contribution >= 0.6 is 34.2 Å². The molecule has 7 heteroatoms. The van der Waals surface area contributed by atoms with Gasteiger partial charge in [0.2, 0.25) is 10.0 Å². The Labute approximate surface area is 88.2 Å². The van der Waals surface area contributed by atoms with Gasteiger partial charge in [0.05, 0.1) is 32.7 Å². The Balaban J connectivity index is 2.60. The highest BCUT2D eigenvalue weighted by Gasteiger charge is 2.34. The number of aromatic nitrogens is 1. The van der Waals surface area contributed by atoms with Crippen molar-refractivity contribution >= 4 is 50.0 Å². The second-order valence-electron chi connectivity index (χ2n) is 2.45. The van der Waals surface area contributed by atoms with Crippen LogP contribution in [0.4, 0.5) is 5.82 Å². The van der Waals surface area contributed by atoms with Crippen LogP contribution in [0.3, 0.4) is 0 Å². The molecule has 0 saturated heterocycles. The molecule has 0 N–H and O–H groups in total. The number of sulfonamides is 1. The summed E-state index contributed by atoms with van der Waals surface area (Å²) in [4.78, 5) is 4.97. The van der Waals surface area contributed by atoms with Crippen molar-refractivity contribution in [2.45, 2.75) is 12.7 Å². The first-order valence-corrected chi connectivity index (χ1v) is 6.55. The Bertz CT molecular complexity index is 425. The zero-order chi connectivity index (χ0) is 8.93. The van der Waals surface area contributed by atoms with Crippen molar-refractivity contribution in [1.29, 1.82) is 0 Å². The van der Waals surface area contributed by atoms with E-state index < -0.39 is 10.0 Å². The summed E-state index contributed by atoms with van der Waals surface area (Å²) >= 11 is 3.22. The highest BCUT2D eigenvalue weighted by atomic mass is 127. The monoisotopic (exact) mass is 316 g/mol. The fraction of sp³-hybridized carbons (Fsp3) is 0.400. The zero-order valence-corrected chi connectivity index (χ0v) is 9.90. The lowest BCUT2D eigenvalue weighted by atomic mass is 10.6. The van der Waals surface area contributed by atoms with Gasteiger partial charge >= 0.3 is 0 Å². The first-order chi connectivity index (χ1) is 5.50. The first kappa shape index (κ1) is 8.70. The molecule has 1 aliphatic rings. The molecule has 0 aliphatic carbocycles. The topological polar surface area (TPSA) is 50.3 Å². The number of anilines is 1. The summed E-state index contributed by atoms with van der Waals surface area (Å²) in [6, 6.07) is 0. The third kappa shape index (κ3) is 1.14. The van der Waals surface area contributed by atoms with Gasteiger partial charge in [0.25, 0.3) is 0 Å². The van der Waals surface area contributed by atoms with Crippen molar-refractivity contribution in [1.82, 2.24) is 4.98 Å². The number of halogens is 1. The van der Waals surface area contributed by atoms with Crippen molar-refractivity contribution in [2.75, 3.05) is 2.52 Å². The van der Waals surface area contributed by atoms with Crippen LogP contribution < -0.4 is 2.52 Å². The lowest BCUT2D eigenvalue weighted by Crippen LogP contribution is -2.15. The largest absolute Gasteiger partial charge is 0.250 e. The van der Waals surface area contributed by atoms with E-state index >= 15 is 0 Å². The molecule has 0 radical (unpaired) electrons. The van der Waals surface area contributed by atoms with Gasteiger partial charge in [0.15, 0.2) is 5.82 Å². The van der Waals surface area contributed by atoms with Crippen LogP contribution in [0.25, 0.3) is 0 Å². The van der Waals surface area contributed by atoms with Crippen LogP contribution in [-0.4, -0.2) is 13.4 Å². The van der Waals surface area contributed by atoms with Gasteiger partial charge in [-0.15, -0.1) is 11.3 Å². The minimum Gasteiger partial charge on any atom is -0.222 e. The highest BCUT2D eigenvalue weighted by Crippen LogP contribution is 2.38. The van der Waals surface area contributed by atoms with E-state index in [1.807, 2.05) is 6.92 Å². The SMILES string of the molecule is Cc1nc2c(s1)CS(=O)(=O)N2I. The summed E-state index contributed by atoms with van der Waals surface area (Å²) in [6.45, 7) is 1.88. The van der Waals surface area contributed by atoms with Crippen molar-refractivity contribution < 1.29 is 8.42 Å². The van der Waals surface area contributed by atoms with Crippen molar-refractivity contribution in [3.8, 4) is 0 Å². The standard InChI is InChI=1S/C5H5IN2O2S2/c1-3-7-5-4(11-3)2-12(9,10)8(5)6/h2H2,1H3. The molecular formula is C5H5IN2O2S2. The Kier molecular flexibility index (Phi) is 1.85. The minimum atomic E-state index is -3.09. The average Bonchev–Trinajstić information content (AvgIpc) is 2.35. The number of thiazole rings is 1. The predicted octanol–water partition coefficient (Wildman–Crippen LogP) is 1.45. The van der Waals surface area contributed by atoms with Crippen molar-refractivity contribution in [2.24, 2.45) is 0 Å². The van der Waals surface area contributed by atoms with Gasteiger partial charge in [0, 0.05) is 0 Å². The molecule has 66 valence electrons. The molecule has 0 saturated carbocycles. The zero-order valence-electron chi connectivity index (χ0n) is 6.11. The fourth-order valence-electron chi connectivity index (χ4n) is 1.04. The number of rotatable bonds is 0. The molecule has 4 nitrogen and oxygen atoms in total. The molecular weight excluding hydrogens is 311 g/mol. The van der Waals surface area contributed by atoms with Crippen LogP contribution in [0.5, 0.6) is 0 Å². The lowest BCUT2D eigenvalue weighted by molar-refractivity contribution is 0.601. The van der Waals surface area contributed by atoms with Gasteiger partial charge in [-0.25, -0.2) is 13.4 Å². The van der Waals surface area contributed by atoms with E-state index in [4.69, 9.17) is 0 Å². The lowest BCUT2D eigenvalue weighted by Gasteiger charge is -2.04. The summed E-state index contributed by atoms with van der Waals surface area (Å²) in [5.74, 6) is 0.703. The number of aryl methyl sites for hydroxylation is 1. The Hall–Kier alpha value is 0.110. The number of fused-ring (bicyclic) bond motifs is 1. The molecule has 0 aromatic carbocycles. The second-order valence-corrected chi connectivity index (χ2v) is 7.18. The van der Waals surface area contributed by atoms with Gasteiger partial charge in [-0.1, -0.05) is 0 Å². The Morgan fingerprint density at radius 2 is 2.33 bits per heavy atom. The molecule has 2 rings (SSSR count). The van der Waals surface area contributed by atoms with E-state index in [1.165, 1.54) is 13.9 Å². The molecule has 0 spiro atoms. The summed E-state index contributed by atoms with van der Waals surface area (Å²) in [6.07, 6.45) is 0. The molecule has 1 aliphatic heterocycles. The van der Waals surface area contributed by atoms with Crippen molar-refractivity contribution in [3.05, 3.63) is 9.88 Å². The molecule has 0 atom stereocenters. The van der Waals surface area contributed by atoms with Crippen LogP contribution in [0.1, 0.15) is 9.88 Å². The van der Waals surface area contributed by atoms with E-state index in [9.17, 15) is 8.42 Å². The third-order valence-electron chi connectivity index (χ3n) is 1.51. The maximum atomic E-state index is 11.3. The second kappa shape index (κ2) is 2.55. The average molecular weight is 316 g/mol. The third-order valence-corrected chi connectivity index (χ3v) is 6.22. The molecule has 1 aromatic heterocycles. The molecule has 0 unspecified atom stereocenters. The normalized spacial score (nSPS) is 19.7. The molecule has 0 bridgehead atoms. The maximum absolute atomic E-state index is 11.3. The fourth-order valence-corrected chi connectivity index (χ4v) is 4.47. The smallest absolute Gasteiger partial charge is 0.222 e. The van der Waals surface area contributed by atoms with Crippen LogP contribution in [0.15, 0.2) is 0 Å². The maximum Gasteiger partial charge on any atom is 0.250 e. The Morgan fingerprint density at radius 1 is 1.67 bits per heavy atom. The van der Waals surface area contributed by atoms with E-state index in [0.29, 0.717) is 5.82 Å². The summed E-state index contributed by atoms with van der Waals surface area (Å²) in [5, 5.41) is 0.913. The van der Waals surface area contributed by atoms with Gasteiger partial charge in [0.1, 0.15) is 5.75 Å². The first-order valence-electron chi connectivity index (χ1n) is 3.16. The van der Waals surface area contributed by atoms with Crippen LogP contribution in [0, 0.1) is 6.92 Å².